The van der Waals surface area contributed by atoms with Gasteiger partial charge in [-0.3, -0.25) is 9.59 Å². The van der Waals surface area contributed by atoms with Crippen LogP contribution in [0.3, 0.4) is 0 Å². The fourth-order valence-corrected chi connectivity index (χ4v) is 2.94. The fraction of sp³-hybridized carbons (Fsp3) is 0. The molecular formula is C26H24N4O2. The molecule has 0 fully saturated rings. The van der Waals surface area contributed by atoms with Crippen LogP contribution in [0.5, 0.6) is 0 Å². The molecule has 0 bridgehead atoms. The summed E-state index contributed by atoms with van der Waals surface area (Å²) in [5.41, 5.74) is 26.7. The van der Waals surface area contributed by atoms with Gasteiger partial charge in [-0.15, -0.1) is 0 Å². The van der Waals surface area contributed by atoms with Crippen LogP contribution in [-0.2, 0) is 0 Å². The normalized spacial score (nSPS) is 10.0. The summed E-state index contributed by atoms with van der Waals surface area (Å²) in [5.74, 6) is -0.0976. The van der Waals surface area contributed by atoms with Crippen molar-refractivity contribution in [2.75, 3.05) is 22.9 Å². The molecule has 4 aromatic rings. The highest BCUT2D eigenvalue weighted by Crippen LogP contribution is 2.19. The van der Waals surface area contributed by atoms with Gasteiger partial charge >= 0.3 is 0 Å². The zero-order chi connectivity index (χ0) is 23.1. The first kappa shape index (κ1) is 22.1. The largest absolute Gasteiger partial charge is 0.397 e. The van der Waals surface area contributed by atoms with Crippen molar-refractivity contribution < 1.29 is 9.59 Å². The smallest absolute Gasteiger partial charge is 0.193 e. The lowest BCUT2D eigenvalue weighted by Gasteiger charge is -2.04. The van der Waals surface area contributed by atoms with E-state index in [0.717, 1.165) is 0 Å². The number of rotatable bonds is 4. The Morgan fingerprint density at radius 1 is 0.406 bits per heavy atom. The number of ketones is 2. The van der Waals surface area contributed by atoms with Gasteiger partial charge in [0.1, 0.15) is 0 Å². The lowest BCUT2D eigenvalue weighted by Crippen LogP contribution is -2.03. The Bertz CT molecular complexity index is 1140. The van der Waals surface area contributed by atoms with Crippen molar-refractivity contribution in [1.29, 1.82) is 0 Å². The van der Waals surface area contributed by atoms with Crippen molar-refractivity contribution in [3.05, 3.63) is 119 Å². The molecule has 0 saturated heterocycles. The first-order valence-corrected chi connectivity index (χ1v) is 9.86. The number of benzene rings is 4. The predicted octanol–water partition coefficient (Wildman–Crippen LogP) is 4.16. The van der Waals surface area contributed by atoms with E-state index in [4.69, 9.17) is 22.9 Å². The van der Waals surface area contributed by atoms with Crippen LogP contribution in [0.1, 0.15) is 31.8 Å². The van der Waals surface area contributed by atoms with Crippen molar-refractivity contribution >= 4 is 34.3 Å². The second-order valence-electron chi connectivity index (χ2n) is 7.08. The van der Waals surface area contributed by atoms with Gasteiger partial charge in [0.15, 0.2) is 11.6 Å². The van der Waals surface area contributed by atoms with Gasteiger partial charge in [0.05, 0.1) is 22.7 Å². The van der Waals surface area contributed by atoms with E-state index in [1.807, 2.05) is 36.4 Å². The number of hydrogen-bond acceptors (Lipinski definition) is 6. The Balaban J connectivity index is 0.000000181. The van der Waals surface area contributed by atoms with Crippen molar-refractivity contribution in [3.63, 3.8) is 0 Å². The number of anilines is 4. The van der Waals surface area contributed by atoms with Crippen LogP contribution in [0.15, 0.2) is 97.1 Å². The quantitative estimate of drug-likeness (QED) is 0.287. The summed E-state index contributed by atoms with van der Waals surface area (Å²) in [6.45, 7) is 0. The molecule has 0 aliphatic heterocycles. The molecule has 0 atom stereocenters. The highest BCUT2D eigenvalue weighted by Gasteiger charge is 2.10. The Morgan fingerprint density at radius 3 is 1.06 bits per heavy atom. The SMILES string of the molecule is Nc1ccc(C(=O)c2ccccc2)cc1N.Nc1ccc(C(=O)c2ccccc2)cc1N. The van der Waals surface area contributed by atoms with E-state index in [-0.39, 0.29) is 11.6 Å². The zero-order valence-electron chi connectivity index (χ0n) is 17.4. The van der Waals surface area contributed by atoms with E-state index in [2.05, 4.69) is 0 Å². The first-order chi connectivity index (χ1) is 15.4. The molecule has 6 nitrogen and oxygen atoms in total. The van der Waals surface area contributed by atoms with Crippen LogP contribution in [0.4, 0.5) is 22.7 Å². The van der Waals surface area contributed by atoms with Gasteiger partial charge in [0.25, 0.3) is 0 Å². The number of nitrogen functional groups attached to an aromatic ring is 4. The second kappa shape index (κ2) is 9.95. The van der Waals surface area contributed by atoms with Crippen molar-refractivity contribution in [2.45, 2.75) is 0 Å². The molecule has 0 aliphatic rings. The average Bonchev–Trinajstić information content (AvgIpc) is 2.83. The third-order valence-corrected chi connectivity index (χ3v) is 4.77. The number of hydrogen-bond donors (Lipinski definition) is 4. The number of carbonyl (C=O) groups excluding carboxylic acids is 2. The molecule has 160 valence electrons. The maximum absolute atomic E-state index is 12.0. The van der Waals surface area contributed by atoms with Gasteiger partial charge in [-0.05, 0) is 36.4 Å². The summed E-state index contributed by atoms with van der Waals surface area (Å²) < 4.78 is 0. The molecule has 0 aromatic heterocycles. The zero-order valence-corrected chi connectivity index (χ0v) is 17.4. The summed E-state index contributed by atoms with van der Waals surface area (Å²) >= 11 is 0. The van der Waals surface area contributed by atoms with Crippen molar-refractivity contribution in [2.24, 2.45) is 0 Å². The van der Waals surface area contributed by atoms with Crippen LogP contribution in [-0.4, -0.2) is 11.6 Å². The lowest BCUT2D eigenvalue weighted by molar-refractivity contribution is 0.103. The second-order valence-corrected chi connectivity index (χ2v) is 7.08. The van der Waals surface area contributed by atoms with Crippen LogP contribution >= 0.6 is 0 Å². The molecule has 0 saturated carbocycles. The lowest BCUT2D eigenvalue weighted by atomic mass is 10.0. The van der Waals surface area contributed by atoms with Crippen molar-refractivity contribution in [1.82, 2.24) is 0 Å². The van der Waals surface area contributed by atoms with Crippen LogP contribution in [0, 0.1) is 0 Å². The average molecular weight is 425 g/mol. The minimum atomic E-state index is -0.0488. The summed E-state index contributed by atoms with van der Waals surface area (Å²) in [6, 6.07) is 28.0. The van der Waals surface area contributed by atoms with Gasteiger partial charge < -0.3 is 22.9 Å². The maximum Gasteiger partial charge on any atom is 0.193 e. The van der Waals surface area contributed by atoms with Crippen molar-refractivity contribution in [3.8, 4) is 0 Å². The van der Waals surface area contributed by atoms with Gasteiger partial charge in [-0.25, -0.2) is 0 Å². The molecule has 0 radical (unpaired) electrons. The third-order valence-electron chi connectivity index (χ3n) is 4.77. The predicted molar refractivity (Wildman–Crippen MR) is 130 cm³/mol. The van der Waals surface area contributed by atoms with Gasteiger partial charge in [-0.2, -0.15) is 0 Å². The van der Waals surface area contributed by atoms with E-state index in [1.165, 1.54) is 0 Å². The summed E-state index contributed by atoms with van der Waals surface area (Å²) in [7, 11) is 0. The molecular weight excluding hydrogens is 400 g/mol. The van der Waals surface area contributed by atoms with Gasteiger partial charge in [-0.1, -0.05) is 60.7 Å². The third kappa shape index (κ3) is 5.31. The minimum Gasteiger partial charge on any atom is -0.397 e. The van der Waals surface area contributed by atoms with Gasteiger partial charge in [0.2, 0.25) is 0 Å². The molecule has 0 spiro atoms. The molecule has 0 aliphatic carbocycles. The monoisotopic (exact) mass is 424 g/mol. The van der Waals surface area contributed by atoms with Crippen LogP contribution in [0.2, 0.25) is 0 Å². The molecule has 32 heavy (non-hydrogen) atoms. The summed E-state index contributed by atoms with van der Waals surface area (Å²) in [4.78, 5) is 24.0. The van der Waals surface area contributed by atoms with Gasteiger partial charge in [0, 0.05) is 22.3 Å². The van der Waals surface area contributed by atoms with Crippen LogP contribution in [0.25, 0.3) is 0 Å². The highest BCUT2D eigenvalue weighted by molar-refractivity contribution is 6.10. The minimum absolute atomic E-state index is 0.0488. The standard InChI is InChI=1S/2C13H12N2O/c2*14-11-7-6-10(8-12(11)15)13(16)9-4-2-1-3-5-9/h2*1-8H,14-15H2. The molecule has 4 rings (SSSR count). The van der Waals surface area contributed by atoms with E-state index in [0.29, 0.717) is 45.0 Å². The fourth-order valence-electron chi connectivity index (χ4n) is 2.94. The molecule has 8 N–H and O–H groups in total. The molecule has 0 heterocycles. The summed E-state index contributed by atoms with van der Waals surface area (Å²) in [5, 5.41) is 0. The Kier molecular flexibility index (Phi) is 6.88. The molecule has 4 aromatic carbocycles. The summed E-state index contributed by atoms with van der Waals surface area (Å²) in [6.07, 6.45) is 0. The Labute approximate surface area is 186 Å². The topological polar surface area (TPSA) is 138 Å². The first-order valence-electron chi connectivity index (χ1n) is 9.86. The highest BCUT2D eigenvalue weighted by atomic mass is 16.1. The molecule has 6 heteroatoms. The molecule has 0 amide bonds. The maximum atomic E-state index is 12.0. The van der Waals surface area contributed by atoms with E-state index in [1.54, 1.807) is 60.7 Å². The molecule has 0 unspecified atom stereocenters. The van der Waals surface area contributed by atoms with Crippen LogP contribution < -0.4 is 22.9 Å². The van der Waals surface area contributed by atoms with E-state index in [9.17, 15) is 9.59 Å². The number of nitrogens with two attached hydrogens (primary N) is 4. The van der Waals surface area contributed by atoms with E-state index >= 15 is 0 Å². The van der Waals surface area contributed by atoms with E-state index < -0.39 is 0 Å². The Hall–Kier alpha value is -4.58. The number of carbonyl (C=O) groups is 2. The Morgan fingerprint density at radius 2 is 0.750 bits per heavy atom.